The van der Waals surface area contributed by atoms with Crippen molar-refractivity contribution in [1.82, 2.24) is 9.88 Å². The minimum Gasteiger partial charge on any atom is -0.472 e. The van der Waals surface area contributed by atoms with Gasteiger partial charge in [0.25, 0.3) is 0 Å². The molecule has 23 heavy (non-hydrogen) atoms. The molecule has 122 valence electrons. The maximum absolute atomic E-state index is 6.27. The monoisotopic (exact) mass is 314 g/mol. The smallest absolute Gasteiger partial charge is 0.0995 e. The van der Waals surface area contributed by atoms with E-state index in [-0.39, 0.29) is 12.2 Å². The SMILES string of the molecule is c1cc(CO[C@@H]2[C@H]3CC[C@H]2OCCN3Cc2ccoc2)ccn1. The van der Waals surface area contributed by atoms with Crippen molar-refractivity contribution >= 4 is 0 Å². The number of hydrogen-bond acceptors (Lipinski definition) is 5. The molecular weight excluding hydrogens is 292 g/mol. The molecule has 5 heteroatoms. The predicted molar refractivity (Wildman–Crippen MR) is 84.7 cm³/mol. The van der Waals surface area contributed by atoms with Crippen LogP contribution in [0.15, 0.2) is 47.5 Å². The van der Waals surface area contributed by atoms with E-state index in [2.05, 4.69) is 9.88 Å². The van der Waals surface area contributed by atoms with Gasteiger partial charge >= 0.3 is 0 Å². The van der Waals surface area contributed by atoms with Crippen LogP contribution in [-0.2, 0) is 22.6 Å². The summed E-state index contributed by atoms with van der Waals surface area (Å²) in [4.78, 5) is 6.54. The fourth-order valence-electron chi connectivity index (χ4n) is 3.67. The third-order valence-corrected chi connectivity index (χ3v) is 4.83. The van der Waals surface area contributed by atoms with Crippen molar-refractivity contribution in [2.45, 2.75) is 44.2 Å². The first-order valence-corrected chi connectivity index (χ1v) is 8.27. The van der Waals surface area contributed by atoms with Gasteiger partial charge in [-0.1, -0.05) is 0 Å². The molecule has 0 radical (unpaired) electrons. The Kier molecular flexibility index (Phi) is 4.41. The van der Waals surface area contributed by atoms with Crippen LogP contribution in [0.5, 0.6) is 0 Å². The fraction of sp³-hybridized carbons (Fsp3) is 0.500. The molecule has 0 spiro atoms. The molecule has 3 atom stereocenters. The number of ether oxygens (including phenoxy) is 2. The molecule has 1 saturated carbocycles. The third kappa shape index (κ3) is 3.32. The molecular formula is C18H22N2O3. The van der Waals surface area contributed by atoms with Crippen LogP contribution in [0, 0.1) is 0 Å². The van der Waals surface area contributed by atoms with Crippen LogP contribution >= 0.6 is 0 Å². The predicted octanol–water partition coefficient (Wildman–Crippen LogP) is 2.62. The standard InChI is InChI=1S/C18H22N2O3/c1-2-17-18(23-13-14-3-6-19-7-4-14)16(1)20(8-10-22-17)11-15-5-9-21-12-15/h3-7,9,12,16-18H,1-2,8,10-11,13H2/t16-,17-,18-/m1/s1. The van der Waals surface area contributed by atoms with Gasteiger partial charge < -0.3 is 13.9 Å². The largest absolute Gasteiger partial charge is 0.472 e. The molecule has 3 heterocycles. The van der Waals surface area contributed by atoms with Crippen LogP contribution in [0.2, 0.25) is 0 Å². The Labute approximate surface area is 136 Å². The first kappa shape index (κ1) is 14.9. The minimum atomic E-state index is 0.137. The molecule has 2 bridgehead atoms. The number of furan rings is 1. The lowest BCUT2D eigenvalue weighted by Crippen LogP contribution is -2.42. The Hall–Kier alpha value is -1.69. The van der Waals surface area contributed by atoms with Crippen molar-refractivity contribution in [1.29, 1.82) is 0 Å². The Morgan fingerprint density at radius 2 is 2.09 bits per heavy atom. The van der Waals surface area contributed by atoms with E-state index in [9.17, 15) is 0 Å². The highest BCUT2D eigenvalue weighted by Crippen LogP contribution is 2.33. The molecule has 1 aliphatic heterocycles. The molecule has 1 aliphatic carbocycles. The molecule has 4 rings (SSSR count). The maximum Gasteiger partial charge on any atom is 0.0995 e. The van der Waals surface area contributed by atoms with Gasteiger partial charge in [-0.05, 0) is 36.6 Å². The van der Waals surface area contributed by atoms with E-state index in [0.29, 0.717) is 12.6 Å². The highest BCUT2D eigenvalue weighted by Gasteiger charge is 2.43. The zero-order valence-corrected chi connectivity index (χ0v) is 13.1. The van der Waals surface area contributed by atoms with Crippen LogP contribution < -0.4 is 0 Å². The van der Waals surface area contributed by atoms with E-state index in [0.717, 1.165) is 38.1 Å². The third-order valence-electron chi connectivity index (χ3n) is 4.83. The molecule has 0 N–H and O–H groups in total. The van der Waals surface area contributed by atoms with Gasteiger partial charge in [-0.15, -0.1) is 0 Å². The number of nitrogens with zero attached hydrogens (tertiary/aromatic N) is 2. The molecule has 2 aliphatic rings. The highest BCUT2D eigenvalue weighted by molar-refractivity contribution is 5.09. The molecule has 0 unspecified atom stereocenters. The first-order chi connectivity index (χ1) is 11.4. The fourth-order valence-corrected chi connectivity index (χ4v) is 3.67. The summed E-state index contributed by atoms with van der Waals surface area (Å²) in [6.45, 7) is 3.23. The summed E-state index contributed by atoms with van der Waals surface area (Å²) in [5.74, 6) is 0. The van der Waals surface area contributed by atoms with Gasteiger partial charge in [0.1, 0.15) is 0 Å². The quantitative estimate of drug-likeness (QED) is 0.849. The van der Waals surface area contributed by atoms with Crippen molar-refractivity contribution in [3.05, 3.63) is 54.2 Å². The van der Waals surface area contributed by atoms with Crippen LogP contribution in [-0.4, -0.2) is 41.3 Å². The summed E-state index contributed by atoms with van der Waals surface area (Å²) in [6.07, 6.45) is 9.74. The van der Waals surface area contributed by atoms with Gasteiger partial charge in [0.05, 0.1) is 37.9 Å². The molecule has 5 nitrogen and oxygen atoms in total. The molecule has 1 saturated heterocycles. The van der Waals surface area contributed by atoms with Crippen molar-refractivity contribution in [3.8, 4) is 0 Å². The Bertz CT molecular complexity index is 602. The Morgan fingerprint density at radius 1 is 1.17 bits per heavy atom. The van der Waals surface area contributed by atoms with Gasteiger partial charge in [0.2, 0.25) is 0 Å². The van der Waals surface area contributed by atoms with Gasteiger partial charge in [-0.3, -0.25) is 9.88 Å². The number of rotatable bonds is 5. The van der Waals surface area contributed by atoms with Crippen LogP contribution in [0.3, 0.4) is 0 Å². The second kappa shape index (κ2) is 6.83. The Morgan fingerprint density at radius 3 is 2.91 bits per heavy atom. The molecule has 2 aromatic heterocycles. The summed E-state index contributed by atoms with van der Waals surface area (Å²) in [6, 6.07) is 6.45. The molecule has 0 amide bonds. The summed E-state index contributed by atoms with van der Waals surface area (Å²) in [5.41, 5.74) is 2.37. The van der Waals surface area contributed by atoms with Gasteiger partial charge in [-0.25, -0.2) is 0 Å². The average molecular weight is 314 g/mol. The average Bonchev–Trinajstić information content (AvgIpc) is 3.18. The zero-order valence-electron chi connectivity index (χ0n) is 13.1. The zero-order chi connectivity index (χ0) is 15.5. The van der Waals surface area contributed by atoms with E-state index in [1.807, 2.05) is 36.9 Å². The van der Waals surface area contributed by atoms with Crippen molar-refractivity contribution in [3.63, 3.8) is 0 Å². The lowest BCUT2D eigenvalue weighted by molar-refractivity contribution is -0.0614. The maximum atomic E-state index is 6.27. The van der Waals surface area contributed by atoms with E-state index < -0.39 is 0 Å². The summed E-state index contributed by atoms with van der Waals surface area (Å²) in [7, 11) is 0. The summed E-state index contributed by atoms with van der Waals surface area (Å²) >= 11 is 0. The van der Waals surface area contributed by atoms with Crippen LogP contribution in [0.4, 0.5) is 0 Å². The second-order valence-corrected chi connectivity index (χ2v) is 6.29. The van der Waals surface area contributed by atoms with Crippen molar-refractivity contribution in [2.24, 2.45) is 0 Å². The normalized spacial score (nSPS) is 27.9. The molecule has 2 aromatic rings. The summed E-state index contributed by atoms with van der Waals surface area (Å²) < 4.78 is 17.5. The van der Waals surface area contributed by atoms with Crippen molar-refractivity contribution in [2.75, 3.05) is 13.2 Å². The molecule has 2 fully saturated rings. The Balaban J connectivity index is 1.45. The van der Waals surface area contributed by atoms with Crippen LogP contribution in [0.25, 0.3) is 0 Å². The second-order valence-electron chi connectivity index (χ2n) is 6.29. The van der Waals surface area contributed by atoms with E-state index in [1.165, 1.54) is 5.56 Å². The van der Waals surface area contributed by atoms with Gasteiger partial charge in [0, 0.05) is 37.1 Å². The van der Waals surface area contributed by atoms with E-state index in [4.69, 9.17) is 13.9 Å². The van der Waals surface area contributed by atoms with Crippen LogP contribution in [0.1, 0.15) is 24.0 Å². The van der Waals surface area contributed by atoms with Gasteiger partial charge in [0.15, 0.2) is 0 Å². The molecule has 0 aromatic carbocycles. The van der Waals surface area contributed by atoms with Gasteiger partial charge in [-0.2, -0.15) is 0 Å². The van der Waals surface area contributed by atoms with Crippen molar-refractivity contribution < 1.29 is 13.9 Å². The highest BCUT2D eigenvalue weighted by atomic mass is 16.5. The van der Waals surface area contributed by atoms with E-state index >= 15 is 0 Å². The van der Waals surface area contributed by atoms with E-state index in [1.54, 1.807) is 6.26 Å². The summed E-state index contributed by atoms with van der Waals surface area (Å²) in [5, 5.41) is 0. The number of fused-ring (bicyclic) bond motifs is 2. The lowest BCUT2D eigenvalue weighted by atomic mass is 10.1. The topological polar surface area (TPSA) is 47.7 Å². The lowest BCUT2D eigenvalue weighted by Gasteiger charge is -2.30. The number of aromatic nitrogens is 1. The number of pyridine rings is 1. The first-order valence-electron chi connectivity index (χ1n) is 8.27. The minimum absolute atomic E-state index is 0.137. The number of hydrogen-bond donors (Lipinski definition) is 0.